The van der Waals surface area contributed by atoms with Gasteiger partial charge in [-0.15, -0.1) is 0 Å². The molecule has 42 heteroatoms. The second-order valence-corrected chi connectivity index (χ2v) is 25.7. The smallest absolute Gasteiger partial charge is 0.409 e. The molecule has 6 N–H and O–H groups in total. The van der Waals surface area contributed by atoms with Crippen molar-refractivity contribution in [3.05, 3.63) is 107 Å². The van der Waals surface area contributed by atoms with Crippen LogP contribution in [0.2, 0.25) is 15.1 Å². The summed E-state index contributed by atoms with van der Waals surface area (Å²) in [6.07, 6.45) is -1.09. The van der Waals surface area contributed by atoms with Crippen LogP contribution in [-0.4, -0.2) is 246 Å². The molecule has 12 heterocycles. The Bertz CT molecular complexity index is 4700. The van der Waals surface area contributed by atoms with E-state index in [0.29, 0.717) is 112 Å². The van der Waals surface area contributed by atoms with Crippen molar-refractivity contribution in [3.8, 4) is 34.2 Å². The molecule has 12 rings (SSSR count). The number of aromatic nitrogens is 12. The van der Waals surface area contributed by atoms with Crippen molar-refractivity contribution in [2.24, 2.45) is 5.92 Å². The fraction of sp³-hybridized carbons (Fsp3) is 0.400. The van der Waals surface area contributed by atoms with Crippen LogP contribution < -0.4 is 30.7 Å². The van der Waals surface area contributed by atoms with E-state index >= 15 is 0 Å². The highest BCUT2D eigenvalue weighted by molar-refractivity contribution is 6.32. The van der Waals surface area contributed by atoms with Crippen LogP contribution in [0.3, 0.4) is 0 Å². The highest BCUT2D eigenvalue weighted by Crippen LogP contribution is 2.34. The van der Waals surface area contributed by atoms with Gasteiger partial charge in [-0.3, -0.25) is 14.4 Å². The van der Waals surface area contributed by atoms with Crippen LogP contribution in [0.15, 0.2) is 92.2 Å². The van der Waals surface area contributed by atoms with Crippen LogP contribution >= 0.6 is 34.8 Å². The van der Waals surface area contributed by atoms with E-state index < -0.39 is 92.3 Å². The van der Waals surface area contributed by atoms with Gasteiger partial charge in [0.25, 0.3) is 0 Å². The molecule has 0 aliphatic carbocycles. The quantitative estimate of drug-likeness (QED) is 0.0386. The fourth-order valence-electron chi connectivity index (χ4n) is 11.5. The first kappa shape index (κ1) is 78.8. The van der Waals surface area contributed by atoms with Crippen molar-refractivity contribution >= 4 is 121 Å². The number of fused-ring (bicyclic) bond motifs is 3. The summed E-state index contributed by atoms with van der Waals surface area (Å²) in [5.41, 5.74) is 3.56. The van der Waals surface area contributed by atoms with Crippen LogP contribution in [0.5, 0.6) is 0 Å². The van der Waals surface area contributed by atoms with Crippen molar-refractivity contribution in [1.82, 2.24) is 90.5 Å². The maximum Gasteiger partial charge on any atom is 0.409 e. The molecule has 3 fully saturated rings. The molecule has 582 valence electrons. The molecule has 0 bridgehead atoms. The summed E-state index contributed by atoms with van der Waals surface area (Å²) in [6.45, 7) is 1.93. The van der Waals surface area contributed by atoms with Gasteiger partial charge >= 0.3 is 36.8 Å². The summed E-state index contributed by atoms with van der Waals surface area (Å²) in [7, 11) is 1.19. The maximum absolute atomic E-state index is 12.9. The first-order chi connectivity index (χ1) is 50.8. The Kier molecular flexibility index (Phi) is 25.1. The fourth-order valence-corrected chi connectivity index (χ4v) is 12.0. The summed E-state index contributed by atoms with van der Waals surface area (Å²) in [4.78, 5) is 132. The van der Waals surface area contributed by atoms with Crippen LogP contribution in [0.4, 0.5) is 71.4 Å². The molecule has 30 nitrogen and oxygen atoms in total. The number of carbonyl (C=O) groups is 6. The molecular formula is C65H79Cl3F9N21O9. The van der Waals surface area contributed by atoms with E-state index in [1.165, 1.54) is 63.9 Å². The summed E-state index contributed by atoms with van der Waals surface area (Å²) in [5, 5.41) is 9.03. The number of anilines is 3. The van der Waals surface area contributed by atoms with Gasteiger partial charge in [-0.2, -0.15) is 39.5 Å². The maximum atomic E-state index is 12.9. The number of rotatable bonds is 16. The van der Waals surface area contributed by atoms with E-state index in [1.54, 1.807) is 71.7 Å². The standard InChI is InChI=1S/C24H27ClF3N7O3.C21H21ClF3N7O3.C20H19ClF3N7O3.6H2/c1-14(2)4-8-38-23(37)34-6-7-35(18(12-34)22(36)32-13-24(26,27)28)19-3-5-29-21(33-19)17-11-31-20-16(17)9-15(25)10-30-20;1-2-35-20(34)31-5-6-32(15(10-31)19(33)29-11-21(23,24)25)16-3-4-26-18(30-16)14-9-28-17-13(14)7-12(22)8-27-17;1-34-19(33)30-4-5-31(14(9-30)18(32)28-10-20(22,23)24)15-2-3-25-17(29-15)13-8-27-16-12(13)6-11(21)7-26-16;;;;;;/h3,5,9-11,14,18H,4,6-8,12-13H2,1-2H3,(H,30,31)(H,32,36);3-4,7-9,15H,2,5-6,10-11H2,1H3,(H,27,28)(H,29,33);2-3,6-8,14H,4-5,9-10H2,1H3,(H,26,27)(H,28,32);6*1H/t18-;15-;14-;;;;;;/m111....../s1. The molecule has 3 atom stereocenters. The third-order valence-electron chi connectivity index (χ3n) is 16.6. The van der Waals surface area contributed by atoms with Crippen molar-refractivity contribution in [3.63, 3.8) is 0 Å². The number of ether oxygens (including phenoxy) is 3. The molecule has 0 spiro atoms. The molecule has 3 aliphatic rings. The van der Waals surface area contributed by atoms with E-state index in [1.807, 2.05) is 29.8 Å². The van der Waals surface area contributed by atoms with E-state index in [2.05, 4.69) is 59.8 Å². The number of piperazine rings is 3. The number of nitrogens with zero attached hydrogens (tertiary/aromatic N) is 15. The minimum absolute atomic E-state index is 0. The summed E-state index contributed by atoms with van der Waals surface area (Å²) >= 11 is 18.2. The molecule has 3 saturated heterocycles. The molecule has 3 aliphatic heterocycles. The van der Waals surface area contributed by atoms with Gasteiger partial charge in [-0.05, 0) is 55.7 Å². The lowest BCUT2D eigenvalue weighted by Gasteiger charge is -2.40. The summed E-state index contributed by atoms with van der Waals surface area (Å²) < 4.78 is 130. The third-order valence-corrected chi connectivity index (χ3v) is 17.2. The summed E-state index contributed by atoms with van der Waals surface area (Å²) in [5.74, 6) is -0.476. The van der Waals surface area contributed by atoms with E-state index in [-0.39, 0.29) is 80.7 Å². The molecule has 0 aromatic carbocycles. The molecule has 107 heavy (non-hydrogen) atoms. The highest BCUT2D eigenvalue weighted by atomic mass is 35.5. The Hall–Kier alpha value is -10.8. The number of nitrogens with one attached hydrogen (secondary N) is 6. The lowest BCUT2D eigenvalue weighted by molar-refractivity contribution is -0.139. The second-order valence-electron chi connectivity index (χ2n) is 24.4. The zero-order valence-corrected chi connectivity index (χ0v) is 59.3. The second kappa shape index (κ2) is 34.2. The van der Waals surface area contributed by atoms with Crippen molar-refractivity contribution < 1.29 is 91.1 Å². The molecule has 9 aromatic rings. The zero-order chi connectivity index (χ0) is 77.1. The van der Waals surface area contributed by atoms with Gasteiger partial charge in [0.05, 0.1) is 55.0 Å². The van der Waals surface area contributed by atoms with E-state index in [0.717, 1.165) is 0 Å². The number of aromatic amines is 3. The predicted octanol–water partition coefficient (Wildman–Crippen LogP) is 11.1. The van der Waals surface area contributed by atoms with E-state index in [4.69, 9.17) is 49.0 Å². The Balaban J connectivity index is 0.000000349. The van der Waals surface area contributed by atoms with Gasteiger partial charge in [0.1, 0.15) is 72.2 Å². The Labute approximate surface area is 625 Å². The molecule has 0 radical (unpaired) electrons. The Morgan fingerprint density at radius 3 is 1.12 bits per heavy atom. The summed E-state index contributed by atoms with van der Waals surface area (Å²) in [6, 6.07) is 6.38. The first-order valence-electron chi connectivity index (χ1n) is 32.7. The van der Waals surface area contributed by atoms with Gasteiger partial charge in [0, 0.05) is 136 Å². The van der Waals surface area contributed by atoms with Crippen molar-refractivity contribution in [2.75, 3.05) is 114 Å². The average molecular weight is 1580 g/mol. The Morgan fingerprint density at radius 2 is 0.822 bits per heavy atom. The minimum Gasteiger partial charge on any atom is -0.453 e. The number of pyridine rings is 3. The van der Waals surface area contributed by atoms with Crippen LogP contribution in [0, 0.1) is 5.92 Å². The third kappa shape index (κ3) is 20.4. The number of carbonyl (C=O) groups excluding carboxylic acids is 6. The molecule has 6 amide bonds. The number of alkyl halides is 9. The average Bonchev–Trinajstić information content (AvgIpc) is 1.75. The normalized spacial score (nSPS) is 16.4. The van der Waals surface area contributed by atoms with Gasteiger partial charge in [-0.25, -0.2) is 59.2 Å². The Morgan fingerprint density at radius 1 is 0.505 bits per heavy atom. The first-order valence-corrected chi connectivity index (χ1v) is 33.8. The number of halogens is 12. The van der Waals surface area contributed by atoms with Crippen LogP contribution in [0.1, 0.15) is 35.8 Å². The lowest BCUT2D eigenvalue weighted by atomic mass is 10.1. The van der Waals surface area contributed by atoms with Gasteiger partial charge < -0.3 is 74.5 Å². The number of H-pyrrole nitrogens is 3. The predicted molar refractivity (Wildman–Crippen MR) is 385 cm³/mol. The molecule has 9 aromatic heterocycles. The topological polar surface area (TPSA) is 349 Å². The van der Waals surface area contributed by atoms with Crippen LogP contribution in [0.25, 0.3) is 67.3 Å². The number of hydrogen-bond acceptors (Lipinski definition) is 21. The van der Waals surface area contributed by atoms with E-state index in [9.17, 15) is 68.3 Å². The van der Waals surface area contributed by atoms with Crippen LogP contribution in [-0.2, 0) is 28.6 Å². The van der Waals surface area contributed by atoms with Gasteiger partial charge in [0.15, 0.2) is 17.5 Å². The van der Waals surface area contributed by atoms with Gasteiger partial charge in [-0.1, -0.05) is 48.7 Å². The van der Waals surface area contributed by atoms with Crippen molar-refractivity contribution in [2.45, 2.75) is 63.8 Å². The monoisotopic (exact) mass is 1570 g/mol. The molecular weight excluding hydrogens is 1500 g/mol. The van der Waals surface area contributed by atoms with Gasteiger partial charge in [0.2, 0.25) is 17.7 Å². The highest BCUT2D eigenvalue weighted by Gasteiger charge is 2.42. The zero-order valence-electron chi connectivity index (χ0n) is 57.0. The lowest BCUT2D eigenvalue weighted by Crippen LogP contribution is -2.61. The van der Waals surface area contributed by atoms with Crippen molar-refractivity contribution in [1.29, 1.82) is 0 Å². The number of hydrogen-bond donors (Lipinski definition) is 6. The molecule has 0 saturated carbocycles. The largest absolute Gasteiger partial charge is 0.453 e. The molecule has 0 unspecified atom stereocenters. The SMILES string of the molecule is CC(C)CCOC(=O)N1CCN(c2ccnc(-c3c[nH]c4ncc(Cl)cc34)n2)[C@@H](C(=O)NCC(F)(F)F)C1.CCOC(=O)N1CCN(c2ccnc(-c3c[nH]c4ncc(Cl)cc34)n2)[C@@H](C(=O)NCC(F)(F)F)C1.COC(=O)N1CCN(c2ccnc(-c3c[nH]c4ncc(Cl)cc34)n2)[C@@H](C(=O)NCC(F)(F)F)C1.[HH].[HH].[HH].[HH].[HH].[HH]. The number of amides is 6. The minimum atomic E-state index is -4.59. The number of methoxy groups -OCH3 is 1.